The van der Waals surface area contributed by atoms with E-state index in [1.807, 2.05) is 6.92 Å². The summed E-state index contributed by atoms with van der Waals surface area (Å²) in [5, 5.41) is 3.79. The minimum atomic E-state index is -4.30. The number of sulfonamides is 1. The molecule has 1 unspecified atom stereocenters. The van der Waals surface area contributed by atoms with Crippen molar-refractivity contribution in [1.82, 2.24) is 10.2 Å². The first-order chi connectivity index (χ1) is 20.9. The van der Waals surface area contributed by atoms with Crippen molar-refractivity contribution in [1.29, 1.82) is 0 Å². The molecule has 0 spiro atoms. The zero-order chi connectivity index (χ0) is 32.0. The predicted molar refractivity (Wildman–Crippen MR) is 172 cm³/mol. The first kappa shape index (κ1) is 33.4. The van der Waals surface area contributed by atoms with Crippen LogP contribution in [0, 0.1) is 6.92 Å². The lowest BCUT2D eigenvalue weighted by molar-refractivity contribution is -0.139. The number of aryl methyl sites for hydroxylation is 1. The minimum absolute atomic E-state index is 0.0138. The van der Waals surface area contributed by atoms with E-state index in [4.69, 9.17) is 32.7 Å². The van der Waals surface area contributed by atoms with Gasteiger partial charge in [0.15, 0.2) is 0 Å². The summed E-state index contributed by atoms with van der Waals surface area (Å²) < 4.78 is 40.3. The highest BCUT2D eigenvalue weighted by atomic mass is 35.5. The van der Waals surface area contributed by atoms with Crippen molar-refractivity contribution in [2.45, 2.75) is 63.1 Å². The van der Waals surface area contributed by atoms with E-state index in [-0.39, 0.29) is 34.8 Å². The number of rotatable bonds is 12. The lowest BCUT2D eigenvalue weighted by Crippen LogP contribution is -2.52. The molecule has 9 nitrogen and oxygen atoms in total. The molecule has 0 radical (unpaired) electrons. The smallest absolute Gasteiger partial charge is 0.264 e. The molecule has 236 valence electrons. The second-order valence-corrected chi connectivity index (χ2v) is 13.5. The number of amides is 2. The molecule has 1 N–H and O–H groups in total. The first-order valence-corrected chi connectivity index (χ1v) is 16.5. The SMILES string of the molecule is COc1ccc(OC)c(N(CC(=O)N(Cc2ccc(Cl)cc2Cl)C(C)C(=O)NC2CCCC2)S(=O)(=O)c2ccc(C)cc2)c1. The van der Waals surface area contributed by atoms with Gasteiger partial charge in [-0.1, -0.05) is 59.8 Å². The van der Waals surface area contributed by atoms with E-state index in [9.17, 15) is 18.0 Å². The van der Waals surface area contributed by atoms with E-state index in [1.54, 1.807) is 49.4 Å². The Morgan fingerprint density at radius 3 is 2.27 bits per heavy atom. The van der Waals surface area contributed by atoms with Crippen LogP contribution in [0.15, 0.2) is 65.6 Å². The summed E-state index contributed by atoms with van der Waals surface area (Å²) >= 11 is 12.6. The van der Waals surface area contributed by atoms with Crippen LogP contribution in [-0.4, -0.2) is 58.0 Å². The number of halogens is 2. The summed E-state index contributed by atoms with van der Waals surface area (Å²) in [5.74, 6) is -0.368. The van der Waals surface area contributed by atoms with Gasteiger partial charge in [-0.3, -0.25) is 13.9 Å². The van der Waals surface area contributed by atoms with Gasteiger partial charge in [-0.05, 0) is 68.7 Å². The highest BCUT2D eigenvalue weighted by Crippen LogP contribution is 2.36. The van der Waals surface area contributed by atoms with Gasteiger partial charge in [0, 0.05) is 28.7 Å². The Morgan fingerprint density at radius 2 is 1.66 bits per heavy atom. The van der Waals surface area contributed by atoms with Gasteiger partial charge in [0.1, 0.15) is 24.1 Å². The first-order valence-electron chi connectivity index (χ1n) is 14.3. The highest BCUT2D eigenvalue weighted by molar-refractivity contribution is 7.92. The Kier molecular flexibility index (Phi) is 11.0. The average molecular weight is 663 g/mol. The molecule has 0 saturated heterocycles. The number of hydrogen-bond acceptors (Lipinski definition) is 6. The quantitative estimate of drug-likeness (QED) is 0.256. The van der Waals surface area contributed by atoms with Gasteiger partial charge in [-0.15, -0.1) is 0 Å². The summed E-state index contributed by atoms with van der Waals surface area (Å²) in [6.45, 7) is 2.78. The molecule has 3 aromatic rings. The molecule has 1 saturated carbocycles. The van der Waals surface area contributed by atoms with Crippen molar-refractivity contribution < 1.29 is 27.5 Å². The number of hydrogen-bond donors (Lipinski definition) is 1. The van der Waals surface area contributed by atoms with E-state index in [1.165, 1.54) is 37.3 Å². The molecular weight excluding hydrogens is 625 g/mol. The molecule has 0 aliphatic heterocycles. The van der Waals surface area contributed by atoms with Crippen molar-refractivity contribution in [3.05, 3.63) is 81.8 Å². The van der Waals surface area contributed by atoms with Gasteiger partial charge in [0.25, 0.3) is 10.0 Å². The normalized spacial score (nSPS) is 14.1. The largest absolute Gasteiger partial charge is 0.497 e. The van der Waals surface area contributed by atoms with Crippen LogP contribution in [0.1, 0.15) is 43.7 Å². The lowest BCUT2D eigenvalue weighted by atomic mass is 10.1. The minimum Gasteiger partial charge on any atom is -0.497 e. The number of nitrogens with one attached hydrogen (secondary N) is 1. The Labute approximate surface area is 269 Å². The molecule has 3 aromatic carbocycles. The Morgan fingerprint density at radius 1 is 0.977 bits per heavy atom. The van der Waals surface area contributed by atoms with Crippen molar-refractivity contribution >= 4 is 50.7 Å². The van der Waals surface area contributed by atoms with Crippen LogP contribution in [0.4, 0.5) is 5.69 Å². The van der Waals surface area contributed by atoms with Crippen molar-refractivity contribution in [3.8, 4) is 11.5 Å². The number of anilines is 1. The van der Waals surface area contributed by atoms with Crippen LogP contribution < -0.4 is 19.1 Å². The van der Waals surface area contributed by atoms with Crippen LogP contribution >= 0.6 is 23.2 Å². The molecular formula is C32H37Cl2N3O6S. The fraction of sp³-hybridized carbons (Fsp3) is 0.375. The molecule has 44 heavy (non-hydrogen) atoms. The summed E-state index contributed by atoms with van der Waals surface area (Å²) in [7, 11) is -1.44. The van der Waals surface area contributed by atoms with Gasteiger partial charge in [0.2, 0.25) is 11.8 Å². The second-order valence-electron chi connectivity index (χ2n) is 10.8. The van der Waals surface area contributed by atoms with Gasteiger partial charge >= 0.3 is 0 Å². The fourth-order valence-electron chi connectivity index (χ4n) is 5.15. The predicted octanol–water partition coefficient (Wildman–Crippen LogP) is 5.99. The molecule has 2 amide bonds. The summed E-state index contributed by atoms with van der Waals surface area (Å²) in [6, 6.07) is 15.0. The zero-order valence-corrected chi connectivity index (χ0v) is 27.5. The maximum Gasteiger partial charge on any atom is 0.264 e. The molecule has 4 rings (SSSR count). The van der Waals surface area contributed by atoms with Crippen molar-refractivity contribution in [2.75, 3.05) is 25.1 Å². The number of carbonyl (C=O) groups is 2. The van der Waals surface area contributed by atoms with E-state index in [0.29, 0.717) is 21.4 Å². The topological polar surface area (TPSA) is 105 Å². The molecule has 0 aromatic heterocycles. The monoisotopic (exact) mass is 661 g/mol. The van der Waals surface area contributed by atoms with Gasteiger partial charge in [0.05, 0.1) is 24.8 Å². The third-order valence-corrected chi connectivity index (χ3v) is 10.1. The van der Waals surface area contributed by atoms with Crippen LogP contribution in [0.25, 0.3) is 0 Å². The molecule has 0 heterocycles. The van der Waals surface area contributed by atoms with Crippen LogP contribution in [-0.2, 0) is 26.2 Å². The second kappa shape index (κ2) is 14.5. The van der Waals surface area contributed by atoms with Gasteiger partial charge < -0.3 is 19.7 Å². The Hall–Kier alpha value is -3.47. The fourth-order valence-corrected chi connectivity index (χ4v) is 7.04. The van der Waals surface area contributed by atoms with Crippen molar-refractivity contribution in [2.24, 2.45) is 0 Å². The third-order valence-electron chi connectivity index (χ3n) is 7.77. The number of carbonyl (C=O) groups excluding carboxylic acids is 2. The molecule has 1 aliphatic carbocycles. The van der Waals surface area contributed by atoms with E-state index >= 15 is 0 Å². The number of benzene rings is 3. The van der Waals surface area contributed by atoms with E-state index in [0.717, 1.165) is 35.6 Å². The number of ether oxygens (including phenoxy) is 2. The highest BCUT2D eigenvalue weighted by Gasteiger charge is 2.35. The molecule has 12 heteroatoms. The summed E-state index contributed by atoms with van der Waals surface area (Å²) in [4.78, 5) is 29.0. The van der Waals surface area contributed by atoms with Crippen molar-refractivity contribution in [3.63, 3.8) is 0 Å². The molecule has 1 aliphatic rings. The van der Waals surface area contributed by atoms with E-state index in [2.05, 4.69) is 5.32 Å². The molecule has 1 fully saturated rings. The number of methoxy groups -OCH3 is 2. The van der Waals surface area contributed by atoms with Crippen LogP contribution in [0.3, 0.4) is 0 Å². The molecule has 1 atom stereocenters. The number of nitrogens with zero attached hydrogens (tertiary/aromatic N) is 2. The summed E-state index contributed by atoms with van der Waals surface area (Å²) in [5.41, 5.74) is 1.53. The third kappa shape index (κ3) is 7.78. The van der Waals surface area contributed by atoms with Gasteiger partial charge in [-0.2, -0.15) is 0 Å². The van der Waals surface area contributed by atoms with Crippen LogP contribution in [0.5, 0.6) is 11.5 Å². The maximum atomic E-state index is 14.3. The zero-order valence-electron chi connectivity index (χ0n) is 25.2. The average Bonchev–Trinajstić information content (AvgIpc) is 3.52. The maximum absolute atomic E-state index is 14.3. The molecule has 0 bridgehead atoms. The summed E-state index contributed by atoms with van der Waals surface area (Å²) in [6.07, 6.45) is 3.79. The van der Waals surface area contributed by atoms with E-state index < -0.39 is 28.5 Å². The Balaban J connectivity index is 1.77. The van der Waals surface area contributed by atoms with Crippen LogP contribution in [0.2, 0.25) is 10.0 Å². The van der Waals surface area contributed by atoms with Gasteiger partial charge in [-0.25, -0.2) is 8.42 Å². The standard InChI is InChI=1S/C32H37Cl2N3O6S/c1-21-9-14-27(15-10-21)44(40,41)37(29-18-26(42-3)13-16-30(29)43-4)20-31(38)36(19-23-11-12-24(33)17-28(23)34)22(2)32(39)35-25-7-5-6-8-25/h9-18,22,25H,5-8,19-20H2,1-4H3,(H,35,39). The Bertz CT molecular complexity index is 1590. The lowest BCUT2D eigenvalue weighted by Gasteiger charge is -2.33.